The van der Waals surface area contributed by atoms with E-state index in [2.05, 4.69) is 12.1 Å². The summed E-state index contributed by atoms with van der Waals surface area (Å²) in [5.41, 5.74) is 2.59. The predicted octanol–water partition coefficient (Wildman–Crippen LogP) is 5.94. The number of aromatic nitrogens is 1. The van der Waals surface area contributed by atoms with Crippen molar-refractivity contribution in [1.29, 1.82) is 0 Å². The van der Waals surface area contributed by atoms with Crippen molar-refractivity contribution in [3.8, 4) is 0 Å². The van der Waals surface area contributed by atoms with E-state index in [1.165, 1.54) is 30.2 Å². The molecule has 178 valence electrons. The number of rotatable bonds is 7. The first kappa shape index (κ1) is 23.5. The molecule has 8 heteroatoms. The Bertz CT molecular complexity index is 1010. The van der Waals surface area contributed by atoms with Crippen molar-refractivity contribution < 1.29 is 22.4 Å². The molecule has 4 rings (SSSR count). The fourth-order valence-electron chi connectivity index (χ4n) is 4.92. The molecule has 0 N–H and O–H groups in total. The van der Waals surface area contributed by atoms with Gasteiger partial charge in [-0.05, 0) is 74.3 Å². The molecule has 0 saturated carbocycles. The van der Waals surface area contributed by atoms with Crippen LogP contribution in [0.2, 0.25) is 0 Å². The monoisotopic (exact) mass is 463 g/mol. The first-order valence-electron chi connectivity index (χ1n) is 11.7. The number of urea groups is 1. The lowest BCUT2D eigenvalue weighted by Crippen LogP contribution is -2.35. The van der Waals surface area contributed by atoms with Gasteiger partial charge in [-0.25, -0.2) is 9.18 Å². The van der Waals surface area contributed by atoms with Gasteiger partial charge in [-0.3, -0.25) is 4.98 Å². The van der Waals surface area contributed by atoms with Gasteiger partial charge in [0, 0.05) is 31.0 Å². The second kappa shape index (κ2) is 9.69. The fourth-order valence-corrected chi connectivity index (χ4v) is 4.92. The third-order valence-electron chi connectivity index (χ3n) is 6.67. The number of nitrogens with zero attached hydrogens (tertiary/aromatic N) is 3. The topological polar surface area (TPSA) is 36.4 Å². The lowest BCUT2D eigenvalue weighted by molar-refractivity contribution is -0.140. The standard InChI is InChI=1S/C25H29F4N3O/c1-2-23(18-10-12-21(26)20(16-18)25(27,28)29)32-15-14-31(24(32)33)13-5-7-19-11-9-17-6-3-4-8-22(17)30-19/h9-12,16,23H,2-8,13-15H2,1H3/t23-/m0/s1. The molecule has 0 bridgehead atoms. The average molecular weight is 464 g/mol. The minimum absolute atomic E-state index is 0.182. The van der Waals surface area contributed by atoms with Crippen LogP contribution < -0.4 is 0 Å². The first-order chi connectivity index (χ1) is 15.8. The minimum Gasteiger partial charge on any atom is -0.323 e. The number of aryl methyl sites for hydroxylation is 3. The second-order valence-electron chi connectivity index (χ2n) is 8.84. The number of hydrogen-bond donors (Lipinski definition) is 0. The molecule has 1 aromatic heterocycles. The van der Waals surface area contributed by atoms with Gasteiger partial charge in [0.05, 0.1) is 11.6 Å². The minimum atomic E-state index is -4.77. The highest BCUT2D eigenvalue weighted by Crippen LogP contribution is 2.35. The smallest absolute Gasteiger partial charge is 0.323 e. The van der Waals surface area contributed by atoms with Crippen LogP contribution in [0.3, 0.4) is 0 Å². The zero-order valence-corrected chi connectivity index (χ0v) is 18.8. The number of hydrogen-bond acceptors (Lipinski definition) is 2. The second-order valence-corrected chi connectivity index (χ2v) is 8.84. The van der Waals surface area contributed by atoms with Crippen molar-refractivity contribution in [3.63, 3.8) is 0 Å². The highest BCUT2D eigenvalue weighted by molar-refractivity contribution is 5.77. The van der Waals surface area contributed by atoms with Gasteiger partial charge in [0.1, 0.15) is 5.82 Å². The Kier molecular flexibility index (Phi) is 6.91. The average Bonchev–Trinajstić information content (AvgIpc) is 3.14. The van der Waals surface area contributed by atoms with Crippen molar-refractivity contribution in [2.45, 2.75) is 64.1 Å². The van der Waals surface area contributed by atoms with Crippen molar-refractivity contribution in [2.75, 3.05) is 19.6 Å². The summed E-state index contributed by atoms with van der Waals surface area (Å²) < 4.78 is 53.2. The van der Waals surface area contributed by atoms with Crippen LogP contribution in [-0.4, -0.2) is 40.4 Å². The molecule has 0 radical (unpaired) electrons. The van der Waals surface area contributed by atoms with Gasteiger partial charge in [-0.15, -0.1) is 0 Å². The summed E-state index contributed by atoms with van der Waals surface area (Å²) in [6.45, 7) is 3.36. The van der Waals surface area contributed by atoms with Crippen LogP contribution in [-0.2, 0) is 25.4 Å². The number of pyridine rings is 1. The van der Waals surface area contributed by atoms with Gasteiger partial charge in [0.25, 0.3) is 0 Å². The van der Waals surface area contributed by atoms with Crippen LogP contribution in [0.25, 0.3) is 0 Å². The zero-order valence-electron chi connectivity index (χ0n) is 18.8. The van der Waals surface area contributed by atoms with Crippen LogP contribution in [0.15, 0.2) is 30.3 Å². The number of halogens is 4. The third-order valence-corrected chi connectivity index (χ3v) is 6.67. The van der Waals surface area contributed by atoms with Gasteiger partial charge in [0.2, 0.25) is 0 Å². The Hall–Kier alpha value is -2.64. The molecule has 1 aromatic carbocycles. The van der Waals surface area contributed by atoms with Gasteiger partial charge in [0.15, 0.2) is 0 Å². The van der Waals surface area contributed by atoms with Crippen molar-refractivity contribution in [3.05, 3.63) is 64.2 Å². The van der Waals surface area contributed by atoms with Crippen LogP contribution in [0.1, 0.15) is 66.7 Å². The van der Waals surface area contributed by atoms with E-state index in [0.29, 0.717) is 31.6 Å². The molecule has 2 aliphatic rings. The van der Waals surface area contributed by atoms with E-state index in [-0.39, 0.29) is 6.03 Å². The molecule has 33 heavy (non-hydrogen) atoms. The molecular formula is C25H29F4N3O. The largest absolute Gasteiger partial charge is 0.419 e. The lowest BCUT2D eigenvalue weighted by atomic mass is 9.95. The van der Waals surface area contributed by atoms with E-state index in [1.807, 2.05) is 6.92 Å². The van der Waals surface area contributed by atoms with Gasteiger partial charge in [-0.2, -0.15) is 13.2 Å². The van der Waals surface area contributed by atoms with Crippen molar-refractivity contribution >= 4 is 6.03 Å². The van der Waals surface area contributed by atoms with Gasteiger partial charge < -0.3 is 9.80 Å². The molecule has 2 heterocycles. The maximum atomic E-state index is 13.7. The summed E-state index contributed by atoms with van der Waals surface area (Å²) in [6, 6.07) is 6.55. The maximum Gasteiger partial charge on any atom is 0.419 e. The predicted molar refractivity (Wildman–Crippen MR) is 117 cm³/mol. The van der Waals surface area contributed by atoms with Gasteiger partial charge >= 0.3 is 12.2 Å². The molecule has 1 atom stereocenters. The highest BCUT2D eigenvalue weighted by Gasteiger charge is 2.37. The molecule has 2 aromatic rings. The number of fused-ring (bicyclic) bond motifs is 1. The Balaban J connectivity index is 1.38. The summed E-state index contributed by atoms with van der Waals surface area (Å²) in [5, 5.41) is 0. The lowest BCUT2D eigenvalue weighted by Gasteiger charge is -2.28. The molecule has 1 aliphatic carbocycles. The number of amides is 2. The summed E-state index contributed by atoms with van der Waals surface area (Å²) in [6.07, 6.45) is 1.75. The van der Waals surface area contributed by atoms with E-state index in [9.17, 15) is 22.4 Å². The number of alkyl halides is 3. The molecule has 4 nitrogen and oxygen atoms in total. The van der Waals surface area contributed by atoms with Crippen molar-refractivity contribution in [1.82, 2.24) is 14.8 Å². The van der Waals surface area contributed by atoms with Crippen LogP contribution in [0.5, 0.6) is 0 Å². The summed E-state index contributed by atoms with van der Waals surface area (Å²) >= 11 is 0. The van der Waals surface area contributed by atoms with E-state index in [0.717, 1.165) is 43.5 Å². The summed E-state index contributed by atoms with van der Waals surface area (Å²) in [7, 11) is 0. The Labute approximate surface area is 191 Å². The summed E-state index contributed by atoms with van der Waals surface area (Å²) in [5.74, 6) is -1.30. The number of benzene rings is 1. The molecule has 2 amide bonds. The third kappa shape index (κ3) is 5.14. The SMILES string of the molecule is CC[C@@H](c1ccc(F)c(C(F)(F)F)c1)N1CCN(CCCc2ccc3c(n2)CCCC3)C1=O. The van der Waals surface area contributed by atoms with Crippen molar-refractivity contribution in [2.24, 2.45) is 0 Å². The van der Waals surface area contributed by atoms with E-state index >= 15 is 0 Å². The van der Waals surface area contributed by atoms with Crippen LogP contribution in [0.4, 0.5) is 22.4 Å². The highest BCUT2D eigenvalue weighted by atomic mass is 19.4. The molecule has 0 unspecified atom stereocenters. The first-order valence-corrected chi connectivity index (χ1v) is 11.7. The Morgan fingerprint density at radius 1 is 1.09 bits per heavy atom. The number of carbonyl (C=O) groups excluding carboxylic acids is 1. The molecular weight excluding hydrogens is 434 g/mol. The Morgan fingerprint density at radius 3 is 2.64 bits per heavy atom. The van der Waals surface area contributed by atoms with Gasteiger partial charge in [-0.1, -0.05) is 19.1 Å². The molecule has 0 spiro atoms. The van der Waals surface area contributed by atoms with E-state index < -0.39 is 23.6 Å². The zero-order chi connectivity index (χ0) is 23.6. The van der Waals surface area contributed by atoms with E-state index in [4.69, 9.17) is 4.98 Å². The normalized spacial score (nSPS) is 17.4. The maximum absolute atomic E-state index is 13.7. The summed E-state index contributed by atoms with van der Waals surface area (Å²) in [4.78, 5) is 21.1. The van der Waals surface area contributed by atoms with E-state index in [1.54, 1.807) is 9.80 Å². The quantitative estimate of drug-likeness (QED) is 0.477. The number of carbonyl (C=O) groups is 1. The molecule has 1 saturated heterocycles. The fraction of sp³-hybridized carbons (Fsp3) is 0.520. The Morgan fingerprint density at radius 2 is 1.88 bits per heavy atom. The molecule has 1 aliphatic heterocycles. The van der Waals surface area contributed by atoms with Crippen LogP contribution in [0, 0.1) is 5.82 Å². The van der Waals surface area contributed by atoms with Crippen LogP contribution >= 0.6 is 0 Å². The molecule has 1 fully saturated rings.